The van der Waals surface area contributed by atoms with E-state index in [1.165, 1.54) is 0 Å². The summed E-state index contributed by atoms with van der Waals surface area (Å²) in [6, 6.07) is 2.22. The molecular weight excluding hydrogens is 138 g/mol. The van der Waals surface area contributed by atoms with Gasteiger partial charge in [0.1, 0.15) is 0 Å². The van der Waals surface area contributed by atoms with Crippen LogP contribution in [-0.4, -0.2) is 9.55 Å². The van der Waals surface area contributed by atoms with Gasteiger partial charge in [-0.15, -0.1) is 0 Å². The summed E-state index contributed by atoms with van der Waals surface area (Å²) in [5, 5.41) is 8.80. The quantitative estimate of drug-likeness (QED) is 0.602. The van der Waals surface area contributed by atoms with Crippen LogP contribution in [0, 0.1) is 11.3 Å². The lowest BCUT2D eigenvalue weighted by molar-refractivity contribution is 0.620. The first-order valence-corrected chi connectivity index (χ1v) is 3.46. The molecule has 3 nitrogen and oxygen atoms in total. The van der Waals surface area contributed by atoms with Crippen molar-refractivity contribution >= 4 is 0 Å². The normalized spacial score (nSPS) is 11.1. The van der Waals surface area contributed by atoms with Gasteiger partial charge >= 0.3 is 0 Å². The molecule has 0 spiro atoms. The number of nitrogens with zero attached hydrogens (tertiary/aromatic N) is 3. The zero-order chi connectivity index (χ0) is 8.48. The average Bonchev–Trinajstić information content (AvgIpc) is 2.36. The van der Waals surface area contributed by atoms with Crippen molar-refractivity contribution in [2.75, 3.05) is 0 Å². The van der Waals surface area contributed by atoms with E-state index in [0.717, 1.165) is 5.69 Å². The third kappa shape index (κ3) is 1.25. The molecule has 0 unspecified atom stereocenters. The summed E-state index contributed by atoms with van der Waals surface area (Å²) in [5.41, 5.74) is 0.505. The Kier molecular flexibility index (Phi) is 1.69. The fourth-order valence-electron chi connectivity index (χ4n) is 1.02. The van der Waals surface area contributed by atoms with Gasteiger partial charge < -0.3 is 4.57 Å². The Morgan fingerprint density at radius 2 is 2.27 bits per heavy atom. The number of hydrogen-bond donors (Lipinski definition) is 0. The highest BCUT2D eigenvalue weighted by atomic mass is 15.0. The van der Waals surface area contributed by atoms with Gasteiger partial charge in [0.25, 0.3) is 0 Å². The summed E-state index contributed by atoms with van der Waals surface area (Å²) >= 11 is 0. The minimum Gasteiger partial charge on any atom is -0.336 e. The Morgan fingerprint density at radius 1 is 1.64 bits per heavy atom. The van der Waals surface area contributed by atoms with Crippen molar-refractivity contribution in [2.45, 2.75) is 19.3 Å². The molecule has 0 saturated heterocycles. The van der Waals surface area contributed by atoms with E-state index < -0.39 is 5.41 Å². The van der Waals surface area contributed by atoms with Gasteiger partial charge in [0.05, 0.1) is 23.5 Å². The van der Waals surface area contributed by atoms with E-state index in [4.69, 9.17) is 5.26 Å². The second kappa shape index (κ2) is 2.39. The molecule has 0 saturated carbocycles. The maximum Gasteiger partial charge on any atom is 0.0946 e. The minimum absolute atomic E-state index is 0.439. The molecule has 1 heterocycles. The molecule has 0 aliphatic rings. The minimum atomic E-state index is -0.439. The number of nitriles is 1. The SMILES string of the molecule is Cn1cncc1C(C)(C)C#N. The van der Waals surface area contributed by atoms with Gasteiger partial charge in [0.2, 0.25) is 0 Å². The van der Waals surface area contributed by atoms with Crippen LogP contribution >= 0.6 is 0 Å². The summed E-state index contributed by atoms with van der Waals surface area (Å²) in [5.74, 6) is 0. The summed E-state index contributed by atoms with van der Waals surface area (Å²) in [4.78, 5) is 3.95. The molecule has 0 aliphatic carbocycles. The fourth-order valence-corrected chi connectivity index (χ4v) is 1.02. The smallest absolute Gasteiger partial charge is 0.0946 e. The zero-order valence-corrected chi connectivity index (χ0v) is 7.00. The molecule has 11 heavy (non-hydrogen) atoms. The Balaban J connectivity index is 3.13. The fraction of sp³-hybridized carbons (Fsp3) is 0.500. The van der Waals surface area contributed by atoms with Gasteiger partial charge in [-0.3, -0.25) is 0 Å². The van der Waals surface area contributed by atoms with Gasteiger partial charge in [-0.25, -0.2) is 4.98 Å². The topological polar surface area (TPSA) is 41.6 Å². The van der Waals surface area contributed by atoms with E-state index in [0.29, 0.717) is 0 Å². The summed E-state index contributed by atoms with van der Waals surface area (Å²) < 4.78 is 1.86. The highest BCUT2D eigenvalue weighted by Crippen LogP contribution is 2.20. The van der Waals surface area contributed by atoms with Crippen LogP contribution in [0.5, 0.6) is 0 Å². The molecule has 0 aromatic carbocycles. The van der Waals surface area contributed by atoms with E-state index in [9.17, 15) is 0 Å². The number of hydrogen-bond acceptors (Lipinski definition) is 2. The monoisotopic (exact) mass is 149 g/mol. The molecule has 0 aliphatic heterocycles. The number of aryl methyl sites for hydroxylation is 1. The second-order valence-electron chi connectivity index (χ2n) is 3.13. The molecule has 58 valence electrons. The van der Waals surface area contributed by atoms with E-state index in [1.54, 1.807) is 12.5 Å². The van der Waals surface area contributed by atoms with Crippen LogP contribution in [-0.2, 0) is 12.5 Å². The number of rotatable bonds is 1. The van der Waals surface area contributed by atoms with Crippen LogP contribution in [0.25, 0.3) is 0 Å². The van der Waals surface area contributed by atoms with Crippen LogP contribution < -0.4 is 0 Å². The summed E-state index contributed by atoms with van der Waals surface area (Å²) in [6.07, 6.45) is 3.43. The highest BCUT2D eigenvalue weighted by molar-refractivity contribution is 5.21. The van der Waals surface area contributed by atoms with Crippen LogP contribution in [0.4, 0.5) is 0 Å². The van der Waals surface area contributed by atoms with E-state index in [1.807, 2.05) is 25.5 Å². The van der Waals surface area contributed by atoms with Gasteiger partial charge in [0.15, 0.2) is 0 Å². The molecule has 0 fully saturated rings. The predicted octanol–water partition coefficient (Wildman–Crippen LogP) is 1.22. The molecule has 1 aromatic heterocycles. The molecule has 0 radical (unpaired) electrons. The Morgan fingerprint density at radius 3 is 2.64 bits per heavy atom. The van der Waals surface area contributed by atoms with Crippen molar-refractivity contribution in [2.24, 2.45) is 7.05 Å². The Hall–Kier alpha value is -1.30. The lowest BCUT2D eigenvalue weighted by Gasteiger charge is -2.14. The van der Waals surface area contributed by atoms with E-state index in [2.05, 4.69) is 11.1 Å². The summed E-state index contributed by atoms with van der Waals surface area (Å²) in [6.45, 7) is 3.76. The lowest BCUT2D eigenvalue weighted by atomic mass is 9.92. The van der Waals surface area contributed by atoms with Crippen LogP contribution in [0.15, 0.2) is 12.5 Å². The van der Waals surface area contributed by atoms with Crippen molar-refractivity contribution < 1.29 is 0 Å². The van der Waals surface area contributed by atoms with Crippen LogP contribution in [0.2, 0.25) is 0 Å². The Labute approximate surface area is 66.3 Å². The summed E-state index contributed by atoms with van der Waals surface area (Å²) in [7, 11) is 1.89. The zero-order valence-electron chi connectivity index (χ0n) is 7.00. The number of aromatic nitrogens is 2. The number of imidazole rings is 1. The van der Waals surface area contributed by atoms with Crippen molar-refractivity contribution in [3.05, 3.63) is 18.2 Å². The standard InChI is InChI=1S/C8H11N3/c1-8(2,5-9)7-4-10-6-11(7)3/h4,6H,1-3H3. The highest BCUT2D eigenvalue weighted by Gasteiger charge is 2.22. The first-order chi connectivity index (χ1) is 5.08. The third-order valence-electron chi connectivity index (χ3n) is 1.74. The van der Waals surface area contributed by atoms with Crippen molar-refractivity contribution in [3.63, 3.8) is 0 Å². The van der Waals surface area contributed by atoms with Crippen molar-refractivity contribution in [1.29, 1.82) is 5.26 Å². The molecule has 0 atom stereocenters. The molecular formula is C8H11N3. The first kappa shape index (κ1) is 7.80. The van der Waals surface area contributed by atoms with Gasteiger partial charge in [-0.1, -0.05) is 0 Å². The third-order valence-corrected chi connectivity index (χ3v) is 1.74. The van der Waals surface area contributed by atoms with E-state index in [-0.39, 0.29) is 0 Å². The molecule has 0 amide bonds. The van der Waals surface area contributed by atoms with Gasteiger partial charge in [-0.2, -0.15) is 5.26 Å². The lowest BCUT2D eigenvalue weighted by Crippen LogP contribution is -2.17. The molecule has 0 bridgehead atoms. The molecule has 1 rings (SSSR count). The maximum absolute atomic E-state index is 8.80. The van der Waals surface area contributed by atoms with Crippen LogP contribution in [0.1, 0.15) is 19.5 Å². The molecule has 3 heteroatoms. The van der Waals surface area contributed by atoms with Crippen molar-refractivity contribution in [1.82, 2.24) is 9.55 Å². The van der Waals surface area contributed by atoms with Gasteiger partial charge in [0, 0.05) is 13.2 Å². The van der Waals surface area contributed by atoms with Crippen LogP contribution in [0.3, 0.4) is 0 Å². The van der Waals surface area contributed by atoms with Crippen molar-refractivity contribution in [3.8, 4) is 6.07 Å². The Bertz CT molecular complexity index is 291. The second-order valence-corrected chi connectivity index (χ2v) is 3.13. The largest absolute Gasteiger partial charge is 0.336 e. The predicted molar refractivity (Wildman–Crippen MR) is 41.8 cm³/mol. The molecule has 1 aromatic rings. The van der Waals surface area contributed by atoms with E-state index >= 15 is 0 Å². The first-order valence-electron chi connectivity index (χ1n) is 3.46. The molecule has 0 N–H and O–H groups in total. The maximum atomic E-state index is 8.80. The average molecular weight is 149 g/mol. The van der Waals surface area contributed by atoms with Gasteiger partial charge in [-0.05, 0) is 13.8 Å².